The quantitative estimate of drug-likeness (QED) is 0.580. The highest BCUT2D eigenvalue weighted by atomic mass is 35.5. The molecule has 1 aliphatic heterocycles. The standard InChI is InChI=1S/C18H21ClN8O2/c1-2-11-9-26(18(28)29)6-4-14(11)23-16-13(19)8-20-17(24-16)22-12-3-5-27-10-21-25-15(27)7-12/h3,5,7-8,10-11,14H,2,4,6,9H2,1H3,(H,28,29)(H2,20,22,23,24). The highest BCUT2D eigenvalue weighted by molar-refractivity contribution is 6.32. The zero-order valence-corrected chi connectivity index (χ0v) is 16.5. The highest BCUT2D eigenvalue weighted by Gasteiger charge is 2.31. The van der Waals surface area contributed by atoms with E-state index >= 15 is 0 Å². The number of nitrogens with zero attached hydrogens (tertiary/aromatic N) is 6. The summed E-state index contributed by atoms with van der Waals surface area (Å²) < 4.78 is 1.80. The Hall–Kier alpha value is -3.14. The lowest BCUT2D eigenvalue weighted by Crippen LogP contribution is -2.48. The minimum absolute atomic E-state index is 0.0863. The van der Waals surface area contributed by atoms with Gasteiger partial charge in [0.25, 0.3) is 0 Å². The fraction of sp³-hybridized carbons (Fsp3) is 0.389. The van der Waals surface area contributed by atoms with Gasteiger partial charge in [-0.3, -0.25) is 4.40 Å². The van der Waals surface area contributed by atoms with Crippen molar-refractivity contribution in [3.8, 4) is 0 Å². The lowest BCUT2D eigenvalue weighted by atomic mass is 9.90. The summed E-state index contributed by atoms with van der Waals surface area (Å²) in [4.78, 5) is 21.5. The summed E-state index contributed by atoms with van der Waals surface area (Å²) in [5.74, 6) is 1.11. The van der Waals surface area contributed by atoms with Gasteiger partial charge in [-0.1, -0.05) is 18.5 Å². The van der Waals surface area contributed by atoms with Crippen LogP contribution < -0.4 is 10.6 Å². The van der Waals surface area contributed by atoms with Crippen molar-refractivity contribution < 1.29 is 9.90 Å². The number of piperidine rings is 1. The van der Waals surface area contributed by atoms with Gasteiger partial charge in [0.15, 0.2) is 11.5 Å². The summed E-state index contributed by atoms with van der Waals surface area (Å²) in [6.07, 6.45) is 5.68. The van der Waals surface area contributed by atoms with Crippen LogP contribution in [0.15, 0.2) is 30.9 Å². The first-order valence-electron chi connectivity index (χ1n) is 9.37. The van der Waals surface area contributed by atoms with E-state index in [0.717, 1.165) is 12.1 Å². The second kappa shape index (κ2) is 8.08. The Kier molecular flexibility index (Phi) is 5.34. The van der Waals surface area contributed by atoms with Crippen molar-refractivity contribution in [2.75, 3.05) is 23.7 Å². The molecule has 0 bridgehead atoms. The van der Waals surface area contributed by atoms with Crippen LogP contribution in [0.5, 0.6) is 0 Å². The number of hydrogen-bond donors (Lipinski definition) is 3. The van der Waals surface area contributed by atoms with Gasteiger partial charge in [-0.25, -0.2) is 9.78 Å². The summed E-state index contributed by atoms with van der Waals surface area (Å²) in [6.45, 7) is 3.03. The third kappa shape index (κ3) is 4.16. The fourth-order valence-corrected chi connectivity index (χ4v) is 3.68. The highest BCUT2D eigenvalue weighted by Crippen LogP contribution is 2.27. The third-order valence-electron chi connectivity index (χ3n) is 5.15. The first-order chi connectivity index (χ1) is 14.0. The van der Waals surface area contributed by atoms with Gasteiger partial charge in [-0.05, 0) is 24.8 Å². The number of amides is 1. The molecule has 1 fully saturated rings. The number of aromatic nitrogens is 5. The van der Waals surface area contributed by atoms with Gasteiger partial charge in [0, 0.05) is 37.1 Å². The molecule has 29 heavy (non-hydrogen) atoms. The topological polar surface area (TPSA) is 121 Å². The largest absolute Gasteiger partial charge is 0.465 e. The van der Waals surface area contributed by atoms with Gasteiger partial charge in [0.1, 0.15) is 11.3 Å². The second-order valence-corrected chi connectivity index (χ2v) is 7.37. The number of likely N-dealkylation sites (tertiary alicyclic amines) is 1. The Morgan fingerprint density at radius 3 is 3.10 bits per heavy atom. The molecule has 10 nitrogen and oxygen atoms in total. The summed E-state index contributed by atoms with van der Waals surface area (Å²) in [6, 6.07) is 3.80. The first kappa shape index (κ1) is 19.2. The Labute approximate surface area is 171 Å². The number of nitrogens with one attached hydrogen (secondary N) is 2. The number of carboxylic acid groups (broad SMARTS) is 1. The number of pyridine rings is 1. The van der Waals surface area contributed by atoms with Gasteiger partial charge in [-0.2, -0.15) is 4.98 Å². The smallest absolute Gasteiger partial charge is 0.407 e. The zero-order valence-electron chi connectivity index (χ0n) is 15.8. The minimum Gasteiger partial charge on any atom is -0.465 e. The molecular formula is C18H21ClN8O2. The molecule has 2 atom stereocenters. The molecule has 0 spiro atoms. The SMILES string of the molecule is CCC1CN(C(=O)O)CCC1Nc1nc(Nc2ccn3cnnc3c2)ncc1Cl. The van der Waals surface area contributed by atoms with E-state index in [4.69, 9.17) is 11.6 Å². The Bertz CT molecular complexity index is 1030. The monoisotopic (exact) mass is 416 g/mol. The molecule has 4 heterocycles. The fourth-order valence-electron chi connectivity index (χ4n) is 3.54. The Balaban J connectivity index is 1.50. The van der Waals surface area contributed by atoms with E-state index in [0.29, 0.717) is 41.9 Å². The number of rotatable bonds is 5. The van der Waals surface area contributed by atoms with Crippen molar-refractivity contribution in [3.63, 3.8) is 0 Å². The number of fused-ring (bicyclic) bond motifs is 1. The molecule has 2 unspecified atom stereocenters. The van der Waals surface area contributed by atoms with Crippen LogP contribution in [0.25, 0.3) is 5.65 Å². The summed E-state index contributed by atoms with van der Waals surface area (Å²) in [7, 11) is 0. The molecule has 3 aromatic heterocycles. The van der Waals surface area contributed by atoms with Crippen molar-refractivity contribution >= 4 is 40.8 Å². The predicted molar refractivity (Wildman–Crippen MR) is 109 cm³/mol. The van der Waals surface area contributed by atoms with Gasteiger partial charge in [0.2, 0.25) is 5.95 Å². The molecule has 1 aliphatic rings. The van der Waals surface area contributed by atoms with Gasteiger partial charge < -0.3 is 20.6 Å². The van der Waals surface area contributed by atoms with Gasteiger partial charge in [-0.15, -0.1) is 10.2 Å². The number of halogens is 1. The van der Waals surface area contributed by atoms with Crippen LogP contribution in [-0.2, 0) is 0 Å². The third-order valence-corrected chi connectivity index (χ3v) is 5.43. The maximum atomic E-state index is 11.3. The van der Waals surface area contributed by atoms with Gasteiger partial charge >= 0.3 is 6.09 Å². The maximum absolute atomic E-state index is 11.3. The van der Waals surface area contributed by atoms with E-state index in [1.165, 1.54) is 4.90 Å². The lowest BCUT2D eigenvalue weighted by molar-refractivity contribution is 0.115. The van der Waals surface area contributed by atoms with Crippen LogP contribution in [0.3, 0.4) is 0 Å². The van der Waals surface area contributed by atoms with E-state index < -0.39 is 6.09 Å². The van der Waals surface area contributed by atoms with Crippen LogP contribution in [0, 0.1) is 5.92 Å². The number of hydrogen-bond acceptors (Lipinski definition) is 7. The average molecular weight is 417 g/mol. The van der Waals surface area contributed by atoms with E-state index in [9.17, 15) is 9.90 Å². The zero-order chi connectivity index (χ0) is 20.4. The van der Waals surface area contributed by atoms with E-state index in [-0.39, 0.29) is 12.0 Å². The molecule has 11 heteroatoms. The molecule has 0 saturated carbocycles. The second-order valence-electron chi connectivity index (χ2n) is 6.96. The molecule has 4 rings (SSSR count). The van der Waals surface area contributed by atoms with Crippen molar-refractivity contribution in [1.29, 1.82) is 0 Å². The molecule has 1 saturated heterocycles. The van der Waals surface area contributed by atoms with Crippen LogP contribution >= 0.6 is 11.6 Å². The van der Waals surface area contributed by atoms with E-state index in [2.05, 4.69) is 37.7 Å². The molecule has 0 aliphatic carbocycles. The predicted octanol–water partition coefficient (Wildman–Crippen LogP) is 3.11. The molecule has 3 N–H and O–H groups in total. The van der Waals surface area contributed by atoms with Crippen molar-refractivity contribution in [3.05, 3.63) is 35.9 Å². The molecule has 0 aromatic carbocycles. The molecule has 3 aromatic rings. The number of anilines is 3. The van der Waals surface area contributed by atoms with Crippen LogP contribution in [-0.4, -0.2) is 59.8 Å². The molecule has 152 valence electrons. The van der Waals surface area contributed by atoms with Crippen molar-refractivity contribution in [2.24, 2.45) is 5.92 Å². The van der Waals surface area contributed by atoms with Crippen molar-refractivity contribution in [1.82, 2.24) is 29.5 Å². The number of carbonyl (C=O) groups is 1. The molecular weight excluding hydrogens is 396 g/mol. The summed E-state index contributed by atoms with van der Waals surface area (Å²) in [5, 5.41) is 24.1. The summed E-state index contributed by atoms with van der Waals surface area (Å²) in [5.41, 5.74) is 1.48. The Morgan fingerprint density at radius 2 is 2.31 bits per heavy atom. The normalized spacial score (nSPS) is 19.3. The van der Waals surface area contributed by atoms with Gasteiger partial charge in [0.05, 0.1) is 6.20 Å². The molecule has 0 radical (unpaired) electrons. The van der Waals surface area contributed by atoms with Crippen molar-refractivity contribution in [2.45, 2.75) is 25.8 Å². The van der Waals surface area contributed by atoms with E-state index in [1.807, 2.05) is 18.3 Å². The minimum atomic E-state index is -0.877. The van der Waals surface area contributed by atoms with Crippen LogP contribution in [0.1, 0.15) is 19.8 Å². The lowest BCUT2D eigenvalue weighted by Gasteiger charge is -2.37. The average Bonchev–Trinajstić information content (AvgIpc) is 3.18. The molecule has 1 amide bonds. The maximum Gasteiger partial charge on any atom is 0.407 e. The first-order valence-corrected chi connectivity index (χ1v) is 9.74. The van der Waals surface area contributed by atoms with E-state index in [1.54, 1.807) is 16.9 Å². The van der Waals surface area contributed by atoms with Crippen LogP contribution in [0.4, 0.5) is 22.2 Å². The summed E-state index contributed by atoms with van der Waals surface area (Å²) >= 11 is 6.31. The van der Waals surface area contributed by atoms with Crippen LogP contribution in [0.2, 0.25) is 5.02 Å². The Morgan fingerprint density at radius 1 is 1.45 bits per heavy atom.